The van der Waals surface area contributed by atoms with Gasteiger partial charge in [0.1, 0.15) is 0 Å². The molecule has 13 heavy (non-hydrogen) atoms. The molecule has 0 aromatic carbocycles. The molecule has 0 atom stereocenters. The van der Waals surface area contributed by atoms with Crippen molar-refractivity contribution in [1.29, 1.82) is 0 Å². The van der Waals surface area contributed by atoms with Gasteiger partial charge in [0.15, 0.2) is 0 Å². The third-order valence-electron chi connectivity index (χ3n) is 2.69. The van der Waals surface area contributed by atoms with Crippen molar-refractivity contribution >= 4 is 5.91 Å². The van der Waals surface area contributed by atoms with E-state index in [1.807, 2.05) is 18.9 Å². The first-order valence-electron chi connectivity index (χ1n) is 5.13. The van der Waals surface area contributed by atoms with Crippen molar-refractivity contribution < 1.29 is 4.79 Å². The van der Waals surface area contributed by atoms with Gasteiger partial charge in [-0.15, -0.1) is 0 Å². The van der Waals surface area contributed by atoms with Crippen molar-refractivity contribution in [3.63, 3.8) is 0 Å². The van der Waals surface area contributed by atoms with E-state index in [2.05, 4.69) is 0 Å². The predicted molar refractivity (Wildman–Crippen MR) is 53.2 cm³/mol. The van der Waals surface area contributed by atoms with Crippen molar-refractivity contribution in [3.05, 3.63) is 0 Å². The third kappa shape index (κ3) is 2.99. The van der Waals surface area contributed by atoms with E-state index >= 15 is 0 Å². The fourth-order valence-electron chi connectivity index (χ4n) is 1.83. The van der Waals surface area contributed by atoms with Crippen LogP contribution < -0.4 is 5.73 Å². The second-order valence-corrected chi connectivity index (χ2v) is 4.12. The van der Waals surface area contributed by atoms with Crippen molar-refractivity contribution in [3.8, 4) is 0 Å². The molecule has 2 N–H and O–H groups in total. The van der Waals surface area contributed by atoms with Gasteiger partial charge in [0.05, 0.1) is 0 Å². The number of hydrogen-bond donors (Lipinski definition) is 1. The minimum absolute atomic E-state index is 0.267. The lowest BCUT2D eigenvalue weighted by atomic mass is 9.80. The van der Waals surface area contributed by atoms with Crippen LogP contribution in [0.4, 0.5) is 0 Å². The Hall–Kier alpha value is -0.570. The second kappa shape index (κ2) is 4.61. The normalized spacial score (nSPS) is 26.7. The molecule has 3 nitrogen and oxygen atoms in total. The Balaban J connectivity index is 2.17. The molecular weight excluding hydrogens is 164 g/mol. The molecule has 0 spiro atoms. The molecule has 0 saturated heterocycles. The van der Waals surface area contributed by atoms with Crippen molar-refractivity contribution in [2.45, 2.75) is 38.6 Å². The zero-order chi connectivity index (χ0) is 9.84. The zero-order valence-electron chi connectivity index (χ0n) is 8.62. The van der Waals surface area contributed by atoms with Crippen LogP contribution in [0.5, 0.6) is 0 Å². The number of rotatable bonds is 4. The average molecular weight is 184 g/mol. The highest BCUT2D eigenvalue weighted by molar-refractivity contribution is 5.75. The number of amides is 1. The van der Waals surface area contributed by atoms with Crippen molar-refractivity contribution in [2.75, 3.05) is 13.6 Å². The second-order valence-electron chi connectivity index (χ2n) is 4.12. The predicted octanol–water partition coefficient (Wildman–Crippen LogP) is 0.982. The maximum absolute atomic E-state index is 11.4. The molecule has 0 bridgehead atoms. The Morgan fingerprint density at radius 3 is 2.62 bits per heavy atom. The molecule has 76 valence electrons. The Labute approximate surface area is 80.3 Å². The molecule has 1 rings (SSSR count). The summed E-state index contributed by atoms with van der Waals surface area (Å²) in [6.45, 7) is 2.93. The summed E-state index contributed by atoms with van der Waals surface area (Å²) in [5.41, 5.74) is 5.68. The molecule has 1 aliphatic rings. The van der Waals surface area contributed by atoms with E-state index in [0.29, 0.717) is 18.4 Å². The van der Waals surface area contributed by atoms with Gasteiger partial charge in [0.2, 0.25) is 5.91 Å². The van der Waals surface area contributed by atoms with Crippen molar-refractivity contribution in [2.24, 2.45) is 11.7 Å². The lowest BCUT2D eigenvalue weighted by molar-refractivity contribution is -0.130. The van der Waals surface area contributed by atoms with Gasteiger partial charge in [0, 0.05) is 26.1 Å². The Kier molecular flexibility index (Phi) is 3.72. The molecule has 0 aromatic heterocycles. The molecule has 0 unspecified atom stereocenters. The van der Waals surface area contributed by atoms with Crippen LogP contribution in [0.3, 0.4) is 0 Å². The molecule has 0 aliphatic heterocycles. The van der Waals surface area contributed by atoms with Gasteiger partial charge in [-0.1, -0.05) is 6.92 Å². The van der Waals surface area contributed by atoms with E-state index in [1.54, 1.807) is 0 Å². The number of carbonyl (C=O) groups is 1. The highest BCUT2D eigenvalue weighted by atomic mass is 16.2. The Morgan fingerprint density at radius 2 is 2.15 bits per heavy atom. The minimum atomic E-state index is 0.267. The smallest absolute Gasteiger partial charge is 0.222 e. The first-order valence-corrected chi connectivity index (χ1v) is 5.13. The maximum Gasteiger partial charge on any atom is 0.222 e. The average Bonchev–Trinajstić information content (AvgIpc) is 2.02. The summed E-state index contributed by atoms with van der Waals surface area (Å²) in [7, 11) is 1.89. The van der Waals surface area contributed by atoms with Gasteiger partial charge < -0.3 is 10.6 Å². The van der Waals surface area contributed by atoms with E-state index in [4.69, 9.17) is 5.73 Å². The van der Waals surface area contributed by atoms with Crippen molar-refractivity contribution in [1.82, 2.24) is 4.90 Å². The van der Waals surface area contributed by atoms with E-state index in [9.17, 15) is 4.79 Å². The summed E-state index contributed by atoms with van der Waals surface area (Å²) < 4.78 is 0. The largest absolute Gasteiger partial charge is 0.345 e. The topological polar surface area (TPSA) is 46.3 Å². The van der Waals surface area contributed by atoms with Crippen LogP contribution in [0.1, 0.15) is 32.6 Å². The van der Waals surface area contributed by atoms with Crippen LogP contribution >= 0.6 is 0 Å². The van der Waals surface area contributed by atoms with Crippen LogP contribution in [0.2, 0.25) is 0 Å². The van der Waals surface area contributed by atoms with Crippen LogP contribution in [-0.4, -0.2) is 30.4 Å². The Bertz CT molecular complexity index is 176. The maximum atomic E-state index is 11.4. The first-order chi connectivity index (χ1) is 6.13. The summed E-state index contributed by atoms with van der Waals surface area (Å²) >= 11 is 0. The molecule has 0 radical (unpaired) electrons. The lowest BCUT2D eigenvalue weighted by Crippen LogP contribution is -2.43. The molecule has 1 amide bonds. The van der Waals surface area contributed by atoms with Gasteiger partial charge in [-0.05, 0) is 25.2 Å². The molecule has 0 aromatic rings. The monoisotopic (exact) mass is 184 g/mol. The van der Waals surface area contributed by atoms with Crippen LogP contribution in [0.15, 0.2) is 0 Å². The summed E-state index contributed by atoms with van der Waals surface area (Å²) in [5.74, 6) is 0.920. The van der Waals surface area contributed by atoms with Crippen LogP contribution in [0, 0.1) is 5.92 Å². The molecule has 1 aliphatic carbocycles. The highest BCUT2D eigenvalue weighted by Gasteiger charge is 2.27. The molecule has 0 heterocycles. The van der Waals surface area contributed by atoms with E-state index in [-0.39, 0.29) is 5.91 Å². The van der Waals surface area contributed by atoms with E-state index in [0.717, 1.165) is 25.8 Å². The molecule has 1 saturated carbocycles. The highest BCUT2D eigenvalue weighted by Crippen LogP contribution is 2.26. The minimum Gasteiger partial charge on any atom is -0.345 e. The number of carbonyl (C=O) groups excluding carboxylic acids is 1. The fraction of sp³-hybridized carbons (Fsp3) is 0.900. The lowest BCUT2D eigenvalue weighted by Gasteiger charge is -2.35. The van der Waals surface area contributed by atoms with Gasteiger partial charge >= 0.3 is 0 Å². The van der Waals surface area contributed by atoms with Gasteiger partial charge in [-0.3, -0.25) is 4.79 Å². The summed E-state index contributed by atoms with van der Waals surface area (Å²) in [5, 5.41) is 0. The van der Waals surface area contributed by atoms with Crippen LogP contribution in [-0.2, 0) is 4.79 Å². The van der Waals surface area contributed by atoms with Gasteiger partial charge in [0.25, 0.3) is 0 Å². The van der Waals surface area contributed by atoms with E-state index in [1.165, 1.54) is 0 Å². The van der Waals surface area contributed by atoms with E-state index < -0.39 is 0 Å². The summed E-state index contributed by atoms with van der Waals surface area (Å²) in [4.78, 5) is 13.2. The third-order valence-corrected chi connectivity index (χ3v) is 2.69. The van der Waals surface area contributed by atoms with Crippen LogP contribution in [0.25, 0.3) is 0 Å². The fourth-order valence-corrected chi connectivity index (χ4v) is 1.83. The quantitative estimate of drug-likeness (QED) is 0.708. The number of hydrogen-bond acceptors (Lipinski definition) is 2. The summed E-state index contributed by atoms with van der Waals surface area (Å²) in [6, 6.07) is 0.389. The number of nitrogens with two attached hydrogens (primary N) is 1. The molecule has 1 fully saturated rings. The number of nitrogens with zero attached hydrogens (tertiary/aromatic N) is 1. The zero-order valence-corrected chi connectivity index (χ0v) is 8.62. The first kappa shape index (κ1) is 10.5. The molecule has 3 heteroatoms. The van der Waals surface area contributed by atoms with Gasteiger partial charge in [-0.2, -0.15) is 0 Å². The van der Waals surface area contributed by atoms with Gasteiger partial charge in [-0.25, -0.2) is 0 Å². The summed E-state index contributed by atoms with van der Waals surface area (Å²) in [6.07, 6.45) is 3.79. The Morgan fingerprint density at radius 1 is 1.54 bits per heavy atom. The molecular formula is C10H20N2O. The SMILES string of the molecule is CCCC(=O)N(C)CC1CC(N)C1. The standard InChI is InChI=1S/C10H20N2O/c1-3-4-10(13)12(2)7-8-5-9(11)6-8/h8-9H,3-7,11H2,1-2H3.